The van der Waals surface area contributed by atoms with Crippen molar-refractivity contribution >= 4 is 11.8 Å². The molecule has 0 spiro atoms. The molecule has 2 unspecified atom stereocenters. The van der Waals surface area contributed by atoms with Crippen molar-refractivity contribution < 1.29 is 9.59 Å². The molecule has 3 N–H and O–H groups in total. The molecule has 144 valence electrons. The molecule has 1 heterocycles. The molecular formula is C21H33N3O2. The number of likely N-dealkylation sites (tertiary alicyclic amines) is 1. The third kappa shape index (κ3) is 5.56. The molecule has 26 heavy (non-hydrogen) atoms. The van der Waals surface area contributed by atoms with Crippen LogP contribution < -0.4 is 11.1 Å². The third-order valence-electron chi connectivity index (χ3n) is 5.09. The molecular weight excluding hydrogens is 326 g/mol. The lowest BCUT2D eigenvalue weighted by Gasteiger charge is -2.33. The second-order valence-electron chi connectivity index (χ2n) is 7.55. The number of nitrogens with zero attached hydrogens (tertiary/aromatic N) is 1. The largest absolute Gasteiger partial charge is 0.352 e. The number of carbonyl (C=O) groups excluding carboxylic acids is 2. The summed E-state index contributed by atoms with van der Waals surface area (Å²) in [6.07, 6.45) is 4.75. The maximum absolute atomic E-state index is 12.9. The Morgan fingerprint density at radius 1 is 1.27 bits per heavy atom. The van der Waals surface area contributed by atoms with E-state index in [0.29, 0.717) is 25.2 Å². The number of amides is 2. The van der Waals surface area contributed by atoms with Gasteiger partial charge in [-0.15, -0.1) is 0 Å². The van der Waals surface area contributed by atoms with Crippen LogP contribution in [0.25, 0.3) is 0 Å². The normalized spacial score (nSPS) is 18.5. The van der Waals surface area contributed by atoms with E-state index in [-0.39, 0.29) is 23.8 Å². The summed E-state index contributed by atoms with van der Waals surface area (Å²) in [4.78, 5) is 27.3. The van der Waals surface area contributed by atoms with Gasteiger partial charge in [-0.1, -0.05) is 37.0 Å². The van der Waals surface area contributed by atoms with Gasteiger partial charge in [0.2, 0.25) is 5.91 Å². The minimum Gasteiger partial charge on any atom is -0.352 e. The van der Waals surface area contributed by atoms with Gasteiger partial charge in [0, 0.05) is 31.2 Å². The Morgan fingerprint density at radius 3 is 2.58 bits per heavy atom. The van der Waals surface area contributed by atoms with E-state index >= 15 is 0 Å². The van der Waals surface area contributed by atoms with Crippen molar-refractivity contribution in [3.05, 3.63) is 34.9 Å². The summed E-state index contributed by atoms with van der Waals surface area (Å²) in [6.45, 7) is 7.80. The van der Waals surface area contributed by atoms with E-state index in [9.17, 15) is 9.59 Å². The van der Waals surface area contributed by atoms with Gasteiger partial charge in [0.25, 0.3) is 5.91 Å². The van der Waals surface area contributed by atoms with E-state index in [0.717, 1.165) is 43.2 Å². The van der Waals surface area contributed by atoms with Crippen LogP contribution in [-0.4, -0.2) is 42.4 Å². The molecule has 1 fully saturated rings. The van der Waals surface area contributed by atoms with Gasteiger partial charge in [0.05, 0.1) is 5.92 Å². The van der Waals surface area contributed by atoms with Crippen LogP contribution in [0, 0.1) is 19.8 Å². The highest BCUT2D eigenvalue weighted by Crippen LogP contribution is 2.20. The van der Waals surface area contributed by atoms with Gasteiger partial charge in [-0.2, -0.15) is 0 Å². The van der Waals surface area contributed by atoms with Crippen LogP contribution in [0.3, 0.4) is 0 Å². The van der Waals surface area contributed by atoms with Crippen molar-refractivity contribution in [1.29, 1.82) is 0 Å². The number of unbranched alkanes of at least 4 members (excludes halogenated alkanes) is 1. The lowest BCUT2D eigenvalue weighted by molar-refractivity contribution is -0.127. The fourth-order valence-corrected chi connectivity index (χ4v) is 3.67. The Kier molecular flexibility index (Phi) is 7.64. The topological polar surface area (TPSA) is 75.4 Å². The zero-order valence-corrected chi connectivity index (χ0v) is 16.4. The standard InChI is InChI=1S/C21H33N3O2/c1-4-5-8-19(13-22)23-20(25)17-7-6-9-24(14-17)21(26)18-11-15(2)10-16(3)12-18/h10-12,17,19H,4-9,13-14,22H2,1-3H3,(H,23,25). The zero-order chi connectivity index (χ0) is 19.1. The molecule has 0 bridgehead atoms. The van der Waals surface area contributed by atoms with Crippen LogP contribution in [-0.2, 0) is 4.79 Å². The van der Waals surface area contributed by atoms with E-state index in [4.69, 9.17) is 5.73 Å². The average molecular weight is 360 g/mol. The highest BCUT2D eigenvalue weighted by molar-refractivity contribution is 5.95. The fraction of sp³-hybridized carbons (Fsp3) is 0.619. The summed E-state index contributed by atoms with van der Waals surface area (Å²) in [5, 5.41) is 3.09. The van der Waals surface area contributed by atoms with Crippen molar-refractivity contribution in [3.8, 4) is 0 Å². The van der Waals surface area contributed by atoms with E-state index in [1.54, 1.807) is 0 Å². The SMILES string of the molecule is CCCCC(CN)NC(=O)C1CCCN(C(=O)c2cc(C)cc(C)c2)C1. The summed E-state index contributed by atoms with van der Waals surface area (Å²) < 4.78 is 0. The van der Waals surface area contributed by atoms with Crippen LogP contribution >= 0.6 is 0 Å². The number of hydrogen-bond donors (Lipinski definition) is 2. The smallest absolute Gasteiger partial charge is 0.253 e. The monoisotopic (exact) mass is 359 g/mol. The van der Waals surface area contributed by atoms with Gasteiger partial charge in [0.15, 0.2) is 0 Å². The molecule has 2 atom stereocenters. The van der Waals surface area contributed by atoms with Gasteiger partial charge >= 0.3 is 0 Å². The van der Waals surface area contributed by atoms with Crippen LogP contribution in [0.1, 0.15) is 60.5 Å². The van der Waals surface area contributed by atoms with Crippen LogP contribution in [0.4, 0.5) is 0 Å². The zero-order valence-electron chi connectivity index (χ0n) is 16.4. The predicted octanol–water partition coefficient (Wildman–Crippen LogP) is 2.79. The fourth-order valence-electron chi connectivity index (χ4n) is 3.67. The molecule has 1 aliphatic rings. The minimum absolute atomic E-state index is 0.0238. The first-order chi connectivity index (χ1) is 12.4. The number of piperidine rings is 1. The maximum atomic E-state index is 12.9. The van der Waals surface area contributed by atoms with Crippen molar-refractivity contribution in [2.45, 2.75) is 58.9 Å². The summed E-state index contributed by atoms with van der Waals surface area (Å²) in [6, 6.07) is 5.95. The van der Waals surface area contributed by atoms with E-state index in [2.05, 4.69) is 18.3 Å². The van der Waals surface area contributed by atoms with Gasteiger partial charge in [0.1, 0.15) is 0 Å². The summed E-state index contributed by atoms with van der Waals surface area (Å²) in [5.41, 5.74) is 8.68. The Morgan fingerprint density at radius 2 is 1.96 bits per heavy atom. The maximum Gasteiger partial charge on any atom is 0.253 e. The molecule has 2 amide bonds. The van der Waals surface area contributed by atoms with E-state index in [1.165, 1.54) is 0 Å². The number of hydrogen-bond acceptors (Lipinski definition) is 3. The molecule has 0 radical (unpaired) electrons. The van der Waals surface area contributed by atoms with E-state index < -0.39 is 0 Å². The Balaban J connectivity index is 1.99. The lowest BCUT2D eigenvalue weighted by atomic mass is 9.95. The molecule has 1 aliphatic heterocycles. The molecule has 0 saturated carbocycles. The Hall–Kier alpha value is -1.88. The Bertz CT molecular complexity index is 609. The third-order valence-corrected chi connectivity index (χ3v) is 5.09. The number of benzene rings is 1. The molecule has 0 aromatic heterocycles. The predicted molar refractivity (Wildman–Crippen MR) is 105 cm³/mol. The Labute approximate surface area is 157 Å². The molecule has 5 heteroatoms. The summed E-state index contributed by atoms with van der Waals surface area (Å²) in [5.74, 6) is -0.0839. The number of rotatable bonds is 7. The first-order valence-electron chi connectivity index (χ1n) is 9.82. The lowest BCUT2D eigenvalue weighted by Crippen LogP contribution is -2.49. The van der Waals surface area contributed by atoms with E-state index in [1.807, 2.05) is 30.9 Å². The molecule has 0 aliphatic carbocycles. The van der Waals surface area contributed by atoms with Crippen molar-refractivity contribution in [2.75, 3.05) is 19.6 Å². The minimum atomic E-state index is -0.144. The number of nitrogens with one attached hydrogen (secondary N) is 1. The summed E-state index contributed by atoms with van der Waals surface area (Å²) >= 11 is 0. The van der Waals surface area contributed by atoms with Crippen LogP contribution in [0.2, 0.25) is 0 Å². The quantitative estimate of drug-likeness (QED) is 0.786. The number of nitrogens with two attached hydrogens (primary N) is 1. The number of aryl methyl sites for hydroxylation is 2. The van der Waals surface area contributed by atoms with Crippen molar-refractivity contribution in [1.82, 2.24) is 10.2 Å². The second kappa shape index (κ2) is 9.72. The van der Waals surface area contributed by atoms with Crippen LogP contribution in [0.15, 0.2) is 18.2 Å². The molecule has 2 rings (SSSR count). The molecule has 1 saturated heterocycles. The van der Waals surface area contributed by atoms with Crippen molar-refractivity contribution in [3.63, 3.8) is 0 Å². The highest BCUT2D eigenvalue weighted by atomic mass is 16.2. The first kappa shape index (κ1) is 20.4. The van der Waals surface area contributed by atoms with Gasteiger partial charge in [-0.05, 0) is 45.2 Å². The molecule has 5 nitrogen and oxygen atoms in total. The number of carbonyl (C=O) groups is 2. The van der Waals surface area contributed by atoms with Gasteiger partial charge < -0.3 is 16.0 Å². The van der Waals surface area contributed by atoms with Crippen molar-refractivity contribution in [2.24, 2.45) is 11.7 Å². The average Bonchev–Trinajstić information content (AvgIpc) is 2.63. The summed E-state index contributed by atoms with van der Waals surface area (Å²) in [7, 11) is 0. The molecule has 1 aromatic rings. The molecule has 1 aromatic carbocycles. The van der Waals surface area contributed by atoms with Gasteiger partial charge in [-0.3, -0.25) is 9.59 Å². The second-order valence-corrected chi connectivity index (χ2v) is 7.55. The highest BCUT2D eigenvalue weighted by Gasteiger charge is 2.29. The first-order valence-corrected chi connectivity index (χ1v) is 9.82. The van der Waals surface area contributed by atoms with Crippen LogP contribution in [0.5, 0.6) is 0 Å². The van der Waals surface area contributed by atoms with Gasteiger partial charge in [-0.25, -0.2) is 0 Å².